The van der Waals surface area contributed by atoms with E-state index in [0.29, 0.717) is 12.0 Å². The Balaban J connectivity index is 2.07. The van der Waals surface area contributed by atoms with E-state index in [-0.39, 0.29) is 11.8 Å². The number of phenols is 1. The molecule has 1 aromatic carbocycles. The number of nitrogens with one attached hydrogen (secondary N) is 1. The third kappa shape index (κ3) is 3.02. The second kappa shape index (κ2) is 5.88. The monoisotopic (exact) mass is 244 g/mol. The Morgan fingerprint density at radius 3 is 2.83 bits per heavy atom. The molecule has 0 amide bonds. The molecule has 0 aromatic heterocycles. The molecule has 0 saturated heterocycles. The molecule has 1 saturated carbocycles. The van der Waals surface area contributed by atoms with Crippen LogP contribution >= 0.6 is 0 Å². The van der Waals surface area contributed by atoms with Gasteiger partial charge in [-0.1, -0.05) is 31.9 Å². The van der Waals surface area contributed by atoms with Crippen LogP contribution in [0.1, 0.15) is 44.2 Å². The Kier molecular flexibility index (Phi) is 4.22. The zero-order chi connectivity index (χ0) is 13.0. The first kappa shape index (κ1) is 12.9. The summed E-state index contributed by atoms with van der Waals surface area (Å²) in [4.78, 5) is 0. The average molecular weight is 244 g/mol. The molecule has 3 unspecified atom stereocenters. The van der Waals surface area contributed by atoms with Gasteiger partial charge in [0, 0.05) is 6.04 Å². The first-order valence-corrected chi connectivity index (χ1v) is 6.65. The number of nitrogens with zero attached hydrogens (tertiary/aromatic N) is 1. The van der Waals surface area contributed by atoms with Crippen molar-refractivity contribution in [2.75, 3.05) is 0 Å². The summed E-state index contributed by atoms with van der Waals surface area (Å²) < 4.78 is 0. The molecule has 3 nitrogen and oxygen atoms in total. The van der Waals surface area contributed by atoms with Gasteiger partial charge in [0.05, 0.1) is 6.07 Å². The first-order valence-electron chi connectivity index (χ1n) is 6.65. The Labute approximate surface area is 108 Å². The molecule has 1 aliphatic carbocycles. The molecule has 2 rings (SSSR count). The van der Waals surface area contributed by atoms with Crippen molar-refractivity contribution in [3.05, 3.63) is 29.8 Å². The lowest BCUT2D eigenvalue weighted by molar-refractivity contribution is 0.271. The molecule has 3 heteroatoms. The molecule has 0 aliphatic heterocycles. The number of aromatic hydroxyl groups is 1. The standard InChI is InChI=1S/C15H20N2O/c1-11-5-2-3-8-14(11)17-15(10-16)12-6-4-7-13(18)9-12/h4,6-7,9,11,14-15,17-18H,2-3,5,8H2,1H3. The highest BCUT2D eigenvalue weighted by Crippen LogP contribution is 2.27. The van der Waals surface area contributed by atoms with Crippen LogP contribution < -0.4 is 5.32 Å². The summed E-state index contributed by atoms with van der Waals surface area (Å²) in [5, 5.41) is 22.2. The third-order valence-corrected chi connectivity index (χ3v) is 3.82. The highest BCUT2D eigenvalue weighted by Gasteiger charge is 2.24. The maximum absolute atomic E-state index is 9.48. The third-order valence-electron chi connectivity index (χ3n) is 3.82. The average Bonchev–Trinajstić information content (AvgIpc) is 2.38. The lowest BCUT2D eigenvalue weighted by atomic mass is 9.85. The van der Waals surface area contributed by atoms with E-state index in [1.807, 2.05) is 6.07 Å². The molecule has 0 radical (unpaired) electrons. The van der Waals surface area contributed by atoms with Gasteiger partial charge in [0.25, 0.3) is 0 Å². The second-order valence-electron chi connectivity index (χ2n) is 5.19. The van der Waals surface area contributed by atoms with Gasteiger partial charge in [-0.25, -0.2) is 0 Å². The first-order chi connectivity index (χ1) is 8.70. The summed E-state index contributed by atoms with van der Waals surface area (Å²) in [6, 6.07) is 9.32. The summed E-state index contributed by atoms with van der Waals surface area (Å²) in [6.45, 7) is 2.24. The molecular weight excluding hydrogens is 224 g/mol. The molecule has 2 N–H and O–H groups in total. The van der Waals surface area contributed by atoms with Crippen molar-refractivity contribution in [1.82, 2.24) is 5.32 Å². The van der Waals surface area contributed by atoms with E-state index in [0.717, 1.165) is 12.0 Å². The van der Waals surface area contributed by atoms with Gasteiger partial charge in [-0.05, 0) is 36.5 Å². The highest BCUT2D eigenvalue weighted by molar-refractivity contribution is 5.32. The summed E-state index contributed by atoms with van der Waals surface area (Å²) in [7, 11) is 0. The number of nitriles is 1. The molecule has 3 atom stereocenters. The molecule has 0 spiro atoms. The normalized spacial score (nSPS) is 25.3. The van der Waals surface area contributed by atoms with E-state index in [1.54, 1.807) is 18.2 Å². The van der Waals surface area contributed by atoms with Crippen LogP contribution in [0.15, 0.2) is 24.3 Å². The Morgan fingerprint density at radius 1 is 1.39 bits per heavy atom. The van der Waals surface area contributed by atoms with Crippen LogP contribution in [0.3, 0.4) is 0 Å². The molecule has 1 aliphatic rings. The lowest BCUT2D eigenvalue weighted by Crippen LogP contribution is -2.39. The van der Waals surface area contributed by atoms with Crippen LogP contribution in [0.4, 0.5) is 0 Å². The van der Waals surface area contributed by atoms with E-state index < -0.39 is 0 Å². The van der Waals surface area contributed by atoms with Gasteiger partial charge >= 0.3 is 0 Å². The SMILES string of the molecule is CC1CCCCC1NC(C#N)c1cccc(O)c1. The predicted octanol–water partition coefficient (Wildman–Crippen LogP) is 3.13. The zero-order valence-corrected chi connectivity index (χ0v) is 10.8. The van der Waals surface area contributed by atoms with Crippen molar-refractivity contribution >= 4 is 0 Å². The van der Waals surface area contributed by atoms with Crippen molar-refractivity contribution in [3.8, 4) is 11.8 Å². The van der Waals surface area contributed by atoms with Crippen molar-refractivity contribution in [1.29, 1.82) is 5.26 Å². The fourth-order valence-electron chi connectivity index (χ4n) is 2.69. The van der Waals surface area contributed by atoms with Crippen molar-refractivity contribution < 1.29 is 5.11 Å². The fraction of sp³-hybridized carbons (Fsp3) is 0.533. The Morgan fingerprint density at radius 2 is 2.17 bits per heavy atom. The summed E-state index contributed by atoms with van der Waals surface area (Å²) >= 11 is 0. The van der Waals surface area contributed by atoms with Crippen LogP contribution in [0.2, 0.25) is 0 Å². The van der Waals surface area contributed by atoms with E-state index in [1.165, 1.54) is 19.3 Å². The highest BCUT2D eigenvalue weighted by atomic mass is 16.3. The van der Waals surface area contributed by atoms with Gasteiger partial charge in [-0.15, -0.1) is 0 Å². The maximum Gasteiger partial charge on any atom is 0.121 e. The van der Waals surface area contributed by atoms with Gasteiger partial charge < -0.3 is 5.11 Å². The predicted molar refractivity (Wildman–Crippen MR) is 71.0 cm³/mol. The molecular formula is C15H20N2O. The minimum absolute atomic E-state index is 0.214. The van der Waals surface area contributed by atoms with Crippen molar-refractivity contribution in [2.24, 2.45) is 5.92 Å². The molecule has 96 valence electrons. The largest absolute Gasteiger partial charge is 0.508 e. The second-order valence-corrected chi connectivity index (χ2v) is 5.19. The van der Waals surface area contributed by atoms with E-state index >= 15 is 0 Å². The summed E-state index contributed by atoms with van der Waals surface area (Å²) in [6.07, 6.45) is 4.90. The molecule has 0 heterocycles. The van der Waals surface area contributed by atoms with Crippen molar-refractivity contribution in [3.63, 3.8) is 0 Å². The van der Waals surface area contributed by atoms with Crippen LogP contribution in [-0.2, 0) is 0 Å². The van der Waals surface area contributed by atoms with E-state index in [4.69, 9.17) is 0 Å². The quantitative estimate of drug-likeness (QED) is 0.859. The van der Waals surface area contributed by atoms with E-state index in [2.05, 4.69) is 18.3 Å². The molecule has 1 fully saturated rings. The minimum atomic E-state index is -0.331. The van der Waals surface area contributed by atoms with Gasteiger partial charge in [0.15, 0.2) is 0 Å². The van der Waals surface area contributed by atoms with E-state index in [9.17, 15) is 10.4 Å². The number of hydrogen-bond acceptors (Lipinski definition) is 3. The van der Waals surface area contributed by atoms with Crippen LogP contribution in [0, 0.1) is 17.2 Å². The van der Waals surface area contributed by atoms with Gasteiger partial charge in [-0.3, -0.25) is 5.32 Å². The number of phenolic OH excluding ortho intramolecular Hbond substituents is 1. The van der Waals surface area contributed by atoms with Gasteiger partial charge in [0.2, 0.25) is 0 Å². The number of hydrogen-bond donors (Lipinski definition) is 2. The minimum Gasteiger partial charge on any atom is -0.508 e. The summed E-state index contributed by atoms with van der Waals surface area (Å²) in [5.41, 5.74) is 0.843. The molecule has 18 heavy (non-hydrogen) atoms. The number of rotatable bonds is 3. The molecule has 0 bridgehead atoms. The summed E-state index contributed by atoms with van der Waals surface area (Å²) in [5.74, 6) is 0.832. The number of benzene rings is 1. The molecule has 1 aromatic rings. The van der Waals surface area contributed by atoms with Crippen LogP contribution in [0.25, 0.3) is 0 Å². The van der Waals surface area contributed by atoms with Crippen LogP contribution in [-0.4, -0.2) is 11.1 Å². The van der Waals surface area contributed by atoms with Crippen molar-refractivity contribution in [2.45, 2.75) is 44.7 Å². The zero-order valence-electron chi connectivity index (χ0n) is 10.8. The Bertz CT molecular complexity index is 438. The van der Waals surface area contributed by atoms with Gasteiger partial charge in [0.1, 0.15) is 11.8 Å². The fourth-order valence-corrected chi connectivity index (χ4v) is 2.69. The van der Waals surface area contributed by atoms with Crippen LogP contribution in [0.5, 0.6) is 5.75 Å². The Hall–Kier alpha value is -1.53. The maximum atomic E-state index is 9.48. The van der Waals surface area contributed by atoms with Gasteiger partial charge in [-0.2, -0.15) is 5.26 Å². The smallest absolute Gasteiger partial charge is 0.121 e. The topological polar surface area (TPSA) is 56.0 Å². The lowest BCUT2D eigenvalue weighted by Gasteiger charge is -2.31.